The summed E-state index contributed by atoms with van der Waals surface area (Å²) in [7, 11) is -3.51. The number of carbonyl (C=O) groups is 1. The zero-order chi connectivity index (χ0) is 18.7. The smallest absolute Gasteiger partial charge is 0.264 e. The Kier molecular flexibility index (Phi) is 5.79. The average molecular weight is 393 g/mol. The van der Waals surface area contributed by atoms with Gasteiger partial charge in [-0.15, -0.1) is 11.3 Å². The highest BCUT2D eigenvalue weighted by atomic mass is 32.2. The molecular formula is C19H24N2O3S2. The van der Waals surface area contributed by atoms with Crippen molar-refractivity contribution < 1.29 is 13.2 Å². The summed E-state index contributed by atoms with van der Waals surface area (Å²) in [6.07, 6.45) is 1.98. The molecule has 140 valence electrons. The lowest BCUT2D eigenvalue weighted by Gasteiger charge is -2.33. The molecule has 5 nitrogen and oxygen atoms in total. The largest absolute Gasteiger partial charge is 0.335 e. The minimum absolute atomic E-state index is 0.0101. The number of hydrogen-bond donors (Lipinski definition) is 0. The SMILES string of the molecule is CCCc1ccc(S(=O)(=O)N2CCN(C(=O)c3ccc(C)s3)CC2)cc1. The van der Waals surface area contributed by atoms with E-state index in [0.29, 0.717) is 36.0 Å². The predicted molar refractivity (Wildman–Crippen MR) is 104 cm³/mol. The number of nitrogens with zero attached hydrogens (tertiary/aromatic N) is 2. The van der Waals surface area contributed by atoms with E-state index < -0.39 is 10.0 Å². The van der Waals surface area contributed by atoms with Crippen molar-refractivity contribution in [3.8, 4) is 0 Å². The van der Waals surface area contributed by atoms with Gasteiger partial charge in [-0.1, -0.05) is 25.5 Å². The first-order chi connectivity index (χ1) is 12.4. The average Bonchev–Trinajstić information content (AvgIpc) is 3.08. The van der Waals surface area contributed by atoms with E-state index in [9.17, 15) is 13.2 Å². The fraction of sp³-hybridized carbons (Fsp3) is 0.421. The fourth-order valence-corrected chi connectivity index (χ4v) is 5.36. The van der Waals surface area contributed by atoms with E-state index in [0.717, 1.165) is 23.3 Å². The fourth-order valence-electron chi connectivity index (χ4n) is 3.10. The maximum atomic E-state index is 12.8. The summed E-state index contributed by atoms with van der Waals surface area (Å²) < 4.78 is 27.1. The Morgan fingerprint density at radius 2 is 1.69 bits per heavy atom. The molecule has 0 radical (unpaired) electrons. The van der Waals surface area contributed by atoms with Crippen LogP contribution in [0.1, 0.15) is 33.5 Å². The number of sulfonamides is 1. The maximum absolute atomic E-state index is 12.8. The Hall–Kier alpha value is -1.70. The zero-order valence-electron chi connectivity index (χ0n) is 15.1. The summed E-state index contributed by atoms with van der Waals surface area (Å²) in [5, 5.41) is 0. The van der Waals surface area contributed by atoms with Crippen molar-refractivity contribution in [3.63, 3.8) is 0 Å². The molecule has 1 aliphatic heterocycles. The molecule has 0 N–H and O–H groups in total. The van der Waals surface area contributed by atoms with E-state index in [1.807, 2.05) is 31.2 Å². The Balaban J connectivity index is 1.65. The molecule has 0 unspecified atom stereocenters. The second-order valence-electron chi connectivity index (χ2n) is 6.50. The van der Waals surface area contributed by atoms with E-state index in [4.69, 9.17) is 0 Å². The molecule has 2 heterocycles. The third-order valence-electron chi connectivity index (χ3n) is 4.58. The van der Waals surface area contributed by atoms with Crippen molar-refractivity contribution in [3.05, 3.63) is 51.7 Å². The van der Waals surface area contributed by atoms with E-state index in [1.54, 1.807) is 17.0 Å². The maximum Gasteiger partial charge on any atom is 0.264 e. The second-order valence-corrected chi connectivity index (χ2v) is 9.73. The third kappa shape index (κ3) is 4.00. The Morgan fingerprint density at radius 3 is 2.23 bits per heavy atom. The summed E-state index contributed by atoms with van der Waals surface area (Å²) in [6, 6.07) is 10.9. The second kappa shape index (κ2) is 7.90. The molecule has 0 spiro atoms. The first-order valence-electron chi connectivity index (χ1n) is 8.86. The van der Waals surface area contributed by atoms with Crippen molar-refractivity contribution in [2.45, 2.75) is 31.6 Å². The van der Waals surface area contributed by atoms with Gasteiger partial charge in [-0.05, 0) is 43.2 Å². The van der Waals surface area contributed by atoms with Crippen LogP contribution in [0.4, 0.5) is 0 Å². The van der Waals surface area contributed by atoms with Gasteiger partial charge in [-0.3, -0.25) is 4.79 Å². The number of hydrogen-bond acceptors (Lipinski definition) is 4. The Bertz CT molecular complexity index is 864. The summed E-state index contributed by atoms with van der Waals surface area (Å²) in [4.78, 5) is 16.4. The number of rotatable bonds is 5. The van der Waals surface area contributed by atoms with E-state index in [2.05, 4.69) is 6.92 Å². The minimum Gasteiger partial charge on any atom is -0.335 e. The summed E-state index contributed by atoms with van der Waals surface area (Å²) in [5.41, 5.74) is 1.15. The van der Waals surface area contributed by atoms with Gasteiger partial charge in [0.15, 0.2) is 0 Å². The molecule has 1 aliphatic rings. The van der Waals surface area contributed by atoms with Crippen LogP contribution < -0.4 is 0 Å². The van der Waals surface area contributed by atoms with E-state index >= 15 is 0 Å². The molecule has 1 amide bonds. The van der Waals surface area contributed by atoms with Crippen LogP contribution in [0.25, 0.3) is 0 Å². The van der Waals surface area contributed by atoms with E-state index in [1.165, 1.54) is 15.6 Å². The highest BCUT2D eigenvalue weighted by Gasteiger charge is 2.30. The molecule has 2 aromatic rings. The summed E-state index contributed by atoms with van der Waals surface area (Å²) in [6.45, 7) is 5.57. The highest BCUT2D eigenvalue weighted by molar-refractivity contribution is 7.89. The van der Waals surface area contributed by atoms with Crippen LogP contribution in [-0.2, 0) is 16.4 Å². The van der Waals surface area contributed by atoms with Crippen molar-refractivity contribution in [2.24, 2.45) is 0 Å². The molecule has 0 aliphatic carbocycles. The topological polar surface area (TPSA) is 57.7 Å². The molecule has 1 aromatic heterocycles. The molecule has 3 rings (SSSR count). The van der Waals surface area contributed by atoms with Crippen LogP contribution in [0, 0.1) is 6.92 Å². The lowest BCUT2D eigenvalue weighted by Crippen LogP contribution is -2.50. The first kappa shape index (κ1) is 19.1. The van der Waals surface area contributed by atoms with Crippen LogP contribution in [0.2, 0.25) is 0 Å². The Labute approximate surface area is 159 Å². The molecule has 1 fully saturated rings. The van der Waals surface area contributed by atoms with Gasteiger partial charge in [0, 0.05) is 31.1 Å². The van der Waals surface area contributed by atoms with Gasteiger partial charge in [-0.25, -0.2) is 8.42 Å². The number of benzene rings is 1. The first-order valence-corrected chi connectivity index (χ1v) is 11.1. The number of thiophene rings is 1. The number of amides is 1. The highest BCUT2D eigenvalue weighted by Crippen LogP contribution is 2.21. The molecule has 1 saturated heterocycles. The molecule has 1 aromatic carbocycles. The molecule has 0 bridgehead atoms. The van der Waals surface area contributed by atoms with Crippen LogP contribution in [-0.4, -0.2) is 49.7 Å². The third-order valence-corrected chi connectivity index (χ3v) is 7.48. The van der Waals surface area contributed by atoms with Gasteiger partial charge in [0.05, 0.1) is 9.77 Å². The Morgan fingerprint density at radius 1 is 1.04 bits per heavy atom. The number of carbonyl (C=O) groups excluding carboxylic acids is 1. The predicted octanol–water partition coefficient (Wildman–Crippen LogP) is 3.16. The van der Waals surface area contributed by atoms with Crippen LogP contribution >= 0.6 is 11.3 Å². The zero-order valence-corrected chi connectivity index (χ0v) is 16.8. The molecule has 26 heavy (non-hydrogen) atoms. The van der Waals surface area contributed by atoms with Crippen molar-refractivity contribution in [2.75, 3.05) is 26.2 Å². The van der Waals surface area contributed by atoms with Crippen molar-refractivity contribution in [1.82, 2.24) is 9.21 Å². The summed E-state index contributed by atoms with van der Waals surface area (Å²) >= 11 is 1.47. The quantitative estimate of drug-likeness (QED) is 0.785. The van der Waals surface area contributed by atoms with Gasteiger partial charge in [0.2, 0.25) is 10.0 Å². The van der Waals surface area contributed by atoms with Gasteiger partial charge in [-0.2, -0.15) is 4.31 Å². The standard InChI is InChI=1S/C19H24N2O3S2/c1-3-4-16-6-8-17(9-7-16)26(23,24)21-13-11-20(12-14-21)19(22)18-10-5-15(2)25-18/h5-10H,3-4,11-14H2,1-2H3. The molecule has 0 atom stereocenters. The monoisotopic (exact) mass is 392 g/mol. The van der Waals surface area contributed by atoms with Gasteiger partial charge < -0.3 is 4.90 Å². The van der Waals surface area contributed by atoms with Crippen LogP contribution in [0.5, 0.6) is 0 Å². The normalized spacial score (nSPS) is 16.0. The summed E-state index contributed by atoms with van der Waals surface area (Å²) in [5.74, 6) is -0.0101. The number of piperazine rings is 1. The van der Waals surface area contributed by atoms with Crippen LogP contribution in [0.15, 0.2) is 41.3 Å². The lowest BCUT2D eigenvalue weighted by molar-refractivity contribution is 0.0703. The van der Waals surface area contributed by atoms with Gasteiger partial charge in [0.25, 0.3) is 5.91 Å². The number of aryl methyl sites for hydroxylation is 2. The molecular weight excluding hydrogens is 368 g/mol. The van der Waals surface area contributed by atoms with Gasteiger partial charge >= 0.3 is 0 Å². The van der Waals surface area contributed by atoms with Crippen molar-refractivity contribution in [1.29, 1.82) is 0 Å². The molecule has 0 saturated carbocycles. The van der Waals surface area contributed by atoms with Crippen molar-refractivity contribution >= 4 is 27.3 Å². The van der Waals surface area contributed by atoms with Crippen LogP contribution in [0.3, 0.4) is 0 Å². The lowest BCUT2D eigenvalue weighted by atomic mass is 10.1. The molecule has 7 heteroatoms. The minimum atomic E-state index is -3.51. The van der Waals surface area contributed by atoms with Gasteiger partial charge in [0.1, 0.15) is 0 Å². The van der Waals surface area contributed by atoms with E-state index in [-0.39, 0.29) is 5.91 Å².